The van der Waals surface area contributed by atoms with E-state index in [-0.39, 0.29) is 23.2 Å². The number of anilines is 2. The van der Waals surface area contributed by atoms with E-state index in [1.54, 1.807) is 18.2 Å². The maximum absolute atomic E-state index is 12.3. The second-order valence-electron chi connectivity index (χ2n) is 4.32. The summed E-state index contributed by atoms with van der Waals surface area (Å²) in [5.74, 6) is 0.330. The van der Waals surface area contributed by atoms with Crippen LogP contribution in [0.15, 0.2) is 47.5 Å². The predicted molar refractivity (Wildman–Crippen MR) is 75.6 cm³/mol. The molecule has 1 aromatic carbocycles. The number of hydrogen-bond acceptors (Lipinski definition) is 5. The molecule has 1 amide bonds. The van der Waals surface area contributed by atoms with Crippen LogP contribution in [0.25, 0.3) is 0 Å². The van der Waals surface area contributed by atoms with Crippen LogP contribution in [0.5, 0.6) is 5.75 Å². The summed E-state index contributed by atoms with van der Waals surface area (Å²) in [7, 11) is -3.78. The number of pyridine rings is 1. The minimum Gasteiger partial charge on any atom is -0.482 e. The van der Waals surface area contributed by atoms with E-state index in [1.165, 1.54) is 24.4 Å². The van der Waals surface area contributed by atoms with Crippen LogP contribution in [-0.2, 0) is 14.8 Å². The molecule has 2 heterocycles. The van der Waals surface area contributed by atoms with Gasteiger partial charge in [0.2, 0.25) is 0 Å². The summed E-state index contributed by atoms with van der Waals surface area (Å²) in [5.41, 5.74) is 0.329. The van der Waals surface area contributed by atoms with Crippen molar-refractivity contribution in [3.8, 4) is 5.75 Å². The Balaban J connectivity index is 1.93. The quantitative estimate of drug-likeness (QED) is 0.888. The van der Waals surface area contributed by atoms with Gasteiger partial charge in [0.1, 0.15) is 11.6 Å². The number of amides is 1. The van der Waals surface area contributed by atoms with Gasteiger partial charge in [0, 0.05) is 6.20 Å². The number of sulfonamides is 1. The summed E-state index contributed by atoms with van der Waals surface area (Å²) < 4.78 is 32.1. The molecule has 0 atom stereocenters. The third-order valence-electron chi connectivity index (χ3n) is 2.80. The molecule has 0 bridgehead atoms. The van der Waals surface area contributed by atoms with Gasteiger partial charge in [-0.05, 0) is 30.3 Å². The van der Waals surface area contributed by atoms with Gasteiger partial charge in [-0.1, -0.05) is 6.07 Å². The zero-order chi connectivity index (χ0) is 14.9. The molecule has 0 fully saturated rings. The van der Waals surface area contributed by atoms with Gasteiger partial charge in [0.25, 0.3) is 15.9 Å². The lowest BCUT2D eigenvalue weighted by Crippen LogP contribution is -2.25. The van der Waals surface area contributed by atoms with Gasteiger partial charge in [0.05, 0.1) is 10.6 Å². The van der Waals surface area contributed by atoms with Crippen LogP contribution in [0, 0.1) is 0 Å². The molecule has 3 rings (SSSR count). The molecule has 2 aromatic rings. The fraction of sp³-hybridized carbons (Fsp3) is 0.0769. The molecular weight excluding hydrogens is 294 g/mol. The lowest BCUT2D eigenvalue weighted by Gasteiger charge is -2.18. The lowest BCUT2D eigenvalue weighted by atomic mass is 10.2. The molecule has 0 saturated carbocycles. The Morgan fingerprint density at radius 3 is 2.86 bits per heavy atom. The first-order valence-electron chi connectivity index (χ1n) is 6.05. The summed E-state index contributed by atoms with van der Waals surface area (Å²) in [6.07, 6.45) is 1.48. The molecule has 1 aliphatic rings. The number of carbonyl (C=O) groups excluding carboxylic acids is 1. The Kier molecular flexibility index (Phi) is 3.22. The average Bonchev–Trinajstić information content (AvgIpc) is 2.47. The third kappa shape index (κ3) is 2.79. The number of carbonyl (C=O) groups is 1. The molecule has 2 N–H and O–H groups in total. The molecule has 0 aliphatic carbocycles. The molecular formula is C13H11N3O4S. The van der Waals surface area contributed by atoms with Crippen molar-refractivity contribution in [2.75, 3.05) is 16.6 Å². The van der Waals surface area contributed by atoms with E-state index in [0.717, 1.165) is 0 Å². The SMILES string of the molecule is O=C1COc2ccc(S(=O)(=O)Nc3ccccn3)cc2N1. The molecule has 0 saturated heterocycles. The zero-order valence-electron chi connectivity index (χ0n) is 10.7. The van der Waals surface area contributed by atoms with Crippen molar-refractivity contribution in [2.45, 2.75) is 4.90 Å². The average molecular weight is 305 g/mol. The van der Waals surface area contributed by atoms with E-state index in [4.69, 9.17) is 4.74 Å². The molecule has 7 nitrogen and oxygen atoms in total. The van der Waals surface area contributed by atoms with Gasteiger partial charge in [-0.2, -0.15) is 0 Å². The van der Waals surface area contributed by atoms with E-state index >= 15 is 0 Å². The highest BCUT2D eigenvalue weighted by Crippen LogP contribution is 2.30. The van der Waals surface area contributed by atoms with Gasteiger partial charge in [0.15, 0.2) is 6.61 Å². The fourth-order valence-corrected chi connectivity index (χ4v) is 2.88. The van der Waals surface area contributed by atoms with Crippen LogP contribution >= 0.6 is 0 Å². The Bertz CT molecular complexity index is 790. The summed E-state index contributed by atoms with van der Waals surface area (Å²) in [4.78, 5) is 15.2. The standard InChI is InChI=1S/C13H11N3O4S/c17-13-8-20-11-5-4-9(7-10(11)15-13)21(18,19)16-12-3-1-2-6-14-12/h1-7H,8H2,(H,14,16)(H,15,17). The normalized spacial score (nSPS) is 13.8. The van der Waals surface area contributed by atoms with E-state index in [1.807, 2.05) is 0 Å². The van der Waals surface area contributed by atoms with Crippen molar-refractivity contribution >= 4 is 27.4 Å². The van der Waals surface area contributed by atoms with Gasteiger partial charge < -0.3 is 10.1 Å². The van der Waals surface area contributed by atoms with E-state index in [0.29, 0.717) is 11.4 Å². The second kappa shape index (κ2) is 5.06. The lowest BCUT2D eigenvalue weighted by molar-refractivity contribution is -0.118. The number of ether oxygens (including phenoxy) is 1. The summed E-state index contributed by atoms with van der Waals surface area (Å²) >= 11 is 0. The Hall–Kier alpha value is -2.61. The number of nitrogens with one attached hydrogen (secondary N) is 2. The van der Waals surface area contributed by atoms with Crippen LogP contribution in [0.1, 0.15) is 0 Å². The van der Waals surface area contributed by atoms with Crippen LogP contribution in [-0.4, -0.2) is 25.9 Å². The second-order valence-corrected chi connectivity index (χ2v) is 6.00. The van der Waals surface area contributed by atoms with E-state index in [2.05, 4.69) is 15.0 Å². The number of nitrogens with zero attached hydrogens (tertiary/aromatic N) is 1. The topological polar surface area (TPSA) is 97.4 Å². The first-order valence-corrected chi connectivity index (χ1v) is 7.53. The van der Waals surface area contributed by atoms with Gasteiger partial charge in [-0.3, -0.25) is 9.52 Å². The summed E-state index contributed by atoms with van der Waals surface area (Å²) in [6.45, 7) is -0.0781. The van der Waals surface area contributed by atoms with Crippen molar-refractivity contribution in [3.63, 3.8) is 0 Å². The van der Waals surface area contributed by atoms with Crippen molar-refractivity contribution in [1.29, 1.82) is 0 Å². The number of rotatable bonds is 3. The Morgan fingerprint density at radius 2 is 2.10 bits per heavy atom. The first-order chi connectivity index (χ1) is 10.0. The highest BCUT2D eigenvalue weighted by Gasteiger charge is 2.21. The van der Waals surface area contributed by atoms with Crippen LogP contribution in [0.4, 0.5) is 11.5 Å². The molecule has 0 unspecified atom stereocenters. The van der Waals surface area contributed by atoms with E-state index in [9.17, 15) is 13.2 Å². The largest absolute Gasteiger partial charge is 0.482 e. The van der Waals surface area contributed by atoms with Gasteiger partial charge >= 0.3 is 0 Å². The third-order valence-corrected chi connectivity index (χ3v) is 4.15. The maximum Gasteiger partial charge on any atom is 0.263 e. The van der Waals surface area contributed by atoms with Crippen molar-refractivity contribution in [1.82, 2.24) is 4.98 Å². The molecule has 0 spiro atoms. The van der Waals surface area contributed by atoms with Gasteiger partial charge in [-0.25, -0.2) is 13.4 Å². The molecule has 1 aliphatic heterocycles. The highest BCUT2D eigenvalue weighted by molar-refractivity contribution is 7.92. The van der Waals surface area contributed by atoms with Crippen LogP contribution in [0.2, 0.25) is 0 Å². The fourth-order valence-electron chi connectivity index (χ4n) is 1.85. The first kappa shape index (κ1) is 13.4. The van der Waals surface area contributed by atoms with Crippen LogP contribution < -0.4 is 14.8 Å². The summed E-state index contributed by atoms with van der Waals surface area (Å²) in [5, 5.41) is 2.56. The zero-order valence-corrected chi connectivity index (χ0v) is 11.6. The number of aromatic nitrogens is 1. The molecule has 108 valence electrons. The van der Waals surface area contributed by atoms with Crippen molar-refractivity contribution in [2.24, 2.45) is 0 Å². The molecule has 0 radical (unpaired) electrons. The van der Waals surface area contributed by atoms with E-state index < -0.39 is 10.0 Å². The number of hydrogen-bond donors (Lipinski definition) is 2. The smallest absolute Gasteiger partial charge is 0.263 e. The molecule has 8 heteroatoms. The minimum atomic E-state index is -3.78. The van der Waals surface area contributed by atoms with Crippen LogP contribution in [0.3, 0.4) is 0 Å². The number of fused-ring (bicyclic) bond motifs is 1. The minimum absolute atomic E-state index is 0.0118. The Morgan fingerprint density at radius 1 is 1.24 bits per heavy atom. The monoisotopic (exact) mass is 305 g/mol. The predicted octanol–water partition coefficient (Wildman–Crippen LogP) is 1.21. The molecule has 1 aromatic heterocycles. The number of benzene rings is 1. The maximum atomic E-state index is 12.3. The van der Waals surface area contributed by atoms with Crippen molar-refractivity contribution in [3.05, 3.63) is 42.6 Å². The Labute approximate surface area is 121 Å². The van der Waals surface area contributed by atoms with Crippen molar-refractivity contribution < 1.29 is 17.9 Å². The molecule has 21 heavy (non-hydrogen) atoms. The van der Waals surface area contributed by atoms with Gasteiger partial charge in [-0.15, -0.1) is 0 Å². The highest BCUT2D eigenvalue weighted by atomic mass is 32.2. The summed E-state index contributed by atoms with van der Waals surface area (Å²) in [6, 6.07) is 9.15.